The number of aryl methyl sites for hydroxylation is 1. The lowest BCUT2D eigenvalue weighted by molar-refractivity contribution is -0.121. The summed E-state index contributed by atoms with van der Waals surface area (Å²) < 4.78 is 17.1. The molecule has 10 nitrogen and oxygen atoms in total. The van der Waals surface area contributed by atoms with Gasteiger partial charge in [-0.2, -0.15) is 0 Å². The van der Waals surface area contributed by atoms with E-state index in [2.05, 4.69) is 20.9 Å². The average molecular weight is 583 g/mol. The zero-order chi connectivity index (χ0) is 30.6. The van der Waals surface area contributed by atoms with Gasteiger partial charge in [-0.25, -0.2) is 0 Å². The van der Waals surface area contributed by atoms with Crippen molar-refractivity contribution in [2.75, 3.05) is 60.4 Å². The van der Waals surface area contributed by atoms with Gasteiger partial charge in [-0.3, -0.25) is 14.4 Å². The number of nitrogens with zero attached hydrogens (tertiary/aromatic N) is 1. The second-order valence-corrected chi connectivity index (χ2v) is 10.8. The fraction of sp³-hybridized carbons (Fsp3) is 0.531. The molecule has 0 aliphatic heterocycles. The van der Waals surface area contributed by atoms with Gasteiger partial charge >= 0.3 is 0 Å². The molecular weight excluding hydrogens is 536 g/mol. The number of unbranched alkanes of at least 4 members (excludes halogenated alkanes) is 2. The number of hydrogen-bond acceptors (Lipinski definition) is 8. The molecule has 0 saturated heterocycles. The van der Waals surface area contributed by atoms with E-state index in [-0.39, 0.29) is 23.3 Å². The molecule has 0 bridgehead atoms. The maximum atomic E-state index is 13.4. The van der Waals surface area contributed by atoms with Gasteiger partial charge < -0.3 is 35.1 Å². The van der Waals surface area contributed by atoms with E-state index < -0.39 is 0 Å². The monoisotopic (exact) mass is 582 g/mol. The lowest BCUT2D eigenvalue weighted by Gasteiger charge is -2.19. The van der Waals surface area contributed by atoms with Crippen molar-refractivity contribution < 1.29 is 23.8 Å². The Bertz CT molecular complexity index is 1300. The van der Waals surface area contributed by atoms with Crippen molar-refractivity contribution in [3.8, 4) is 28.4 Å². The molecule has 1 aliphatic carbocycles. The van der Waals surface area contributed by atoms with Crippen LogP contribution in [0.4, 0.5) is 5.69 Å². The maximum Gasteiger partial charge on any atom is 0.219 e. The third kappa shape index (κ3) is 8.61. The number of carbonyl (C=O) groups excluding carboxylic acids is 2. The largest absolute Gasteiger partial charge is 0.493 e. The molecule has 2 aromatic carbocycles. The number of anilines is 1. The molecule has 3 N–H and O–H groups in total. The van der Waals surface area contributed by atoms with Crippen LogP contribution in [0.3, 0.4) is 0 Å². The van der Waals surface area contributed by atoms with Gasteiger partial charge in [-0.05, 0) is 87.6 Å². The molecule has 3 rings (SSSR count). The predicted octanol–water partition coefficient (Wildman–Crippen LogP) is 3.90. The quantitative estimate of drug-likeness (QED) is 0.271. The molecule has 0 heterocycles. The minimum atomic E-state index is -0.353. The second kappa shape index (κ2) is 16.0. The molecule has 1 atom stereocenters. The van der Waals surface area contributed by atoms with E-state index in [9.17, 15) is 14.4 Å². The molecule has 0 saturated carbocycles. The van der Waals surface area contributed by atoms with Crippen LogP contribution in [0.5, 0.6) is 17.2 Å². The van der Waals surface area contributed by atoms with Crippen LogP contribution in [-0.4, -0.2) is 71.8 Å². The van der Waals surface area contributed by atoms with E-state index in [1.165, 1.54) is 6.92 Å². The molecule has 0 aromatic heterocycles. The normalized spacial score (nSPS) is 13.8. The first-order valence-electron chi connectivity index (χ1n) is 14.6. The Morgan fingerprint density at radius 2 is 1.71 bits per heavy atom. The third-order valence-corrected chi connectivity index (χ3v) is 7.42. The number of ether oxygens (including phenoxy) is 3. The third-order valence-electron chi connectivity index (χ3n) is 7.42. The molecular formula is C32H46N4O6. The van der Waals surface area contributed by atoms with Crippen molar-refractivity contribution in [1.82, 2.24) is 15.5 Å². The molecule has 0 radical (unpaired) electrons. The van der Waals surface area contributed by atoms with E-state index in [4.69, 9.17) is 14.2 Å². The minimum Gasteiger partial charge on any atom is -0.493 e. The maximum absolute atomic E-state index is 13.4. The summed E-state index contributed by atoms with van der Waals surface area (Å²) in [6, 6.07) is 6.90. The summed E-state index contributed by atoms with van der Waals surface area (Å²) in [4.78, 5) is 39.7. The summed E-state index contributed by atoms with van der Waals surface area (Å²) in [6.07, 6.45) is 5.18. The summed E-state index contributed by atoms with van der Waals surface area (Å²) in [5.41, 5.74) is 3.63. The summed E-state index contributed by atoms with van der Waals surface area (Å²) in [5.74, 6) is 1.46. The van der Waals surface area contributed by atoms with Crippen LogP contribution in [0.25, 0.3) is 11.1 Å². The molecule has 230 valence electrons. The molecule has 42 heavy (non-hydrogen) atoms. The lowest BCUT2D eigenvalue weighted by Crippen LogP contribution is -2.26. The first kappa shape index (κ1) is 32.7. The van der Waals surface area contributed by atoms with Crippen LogP contribution in [0.2, 0.25) is 0 Å². The van der Waals surface area contributed by atoms with Crippen molar-refractivity contribution in [2.24, 2.45) is 0 Å². The zero-order valence-electron chi connectivity index (χ0n) is 25.9. The Hall–Kier alpha value is -3.79. The fourth-order valence-electron chi connectivity index (χ4n) is 5.38. The van der Waals surface area contributed by atoms with Crippen LogP contribution < -0.4 is 35.6 Å². The van der Waals surface area contributed by atoms with Gasteiger partial charge in [0.15, 0.2) is 11.5 Å². The van der Waals surface area contributed by atoms with Gasteiger partial charge in [0.2, 0.25) is 23.0 Å². The van der Waals surface area contributed by atoms with Crippen LogP contribution >= 0.6 is 0 Å². The number of amides is 2. The molecule has 0 spiro atoms. The van der Waals surface area contributed by atoms with E-state index >= 15 is 0 Å². The van der Waals surface area contributed by atoms with Gasteiger partial charge in [0.1, 0.15) is 0 Å². The van der Waals surface area contributed by atoms with Gasteiger partial charge in [0.25, 0.3) is 0 Å². The molecule has 0 fully saturated rings. The van der Waals surface area contributed by atoms with Crippen LogP contribution in [0, 0.1) is 0 Å². The van der Waals surface area contributed by atoms with Crippen molar-refractivity contribution >= 4 is 17.5 Å². The van der Waals surface area contributed by atoms with E-state index in [1.807, 2.05) is 26.2 Å². The Morgan fingerprint density at radius 3 is 2.38 bits per heavy atom. The number of carbonyl (C=O) groups is 2. The summed E-state index contributed by atoms with van der Waals surface area (Å²) >= 11 is 0. The van der Waals surface area contributed by atoms with Crippen LogP contribution in [0.15, 0.2) is 29.1 Å². The molecule has 2 aromatic rings. The average Bonchev–Trinajstić information content (AvgIpc) is 3.20. The van der Waals surface area contributed by atoms with Gasteiger partial charge in [-0.1, -0.05) is 12.5 Å². The van der Waals surface area contributed by atoms with Crippen LogP contribution in [-0.2, 0) is 16.0 Å². The topological polar surface area (TPSA) is 118 Å². The smallest absolute Gasteiger partial charge is 0.219 e. The lowest BCUT2D eigenvalue weighted by atomic mass is 9.95. The van der Waals surface area contributed by atoms with Crippen molar-refractivity contribution in [3.05, 3.63) is 45.6 Å². The number of hydrogen-bond donors (Lipinski definition) is 3. The molecule has 1 aliphatic rings. The predicted molar refractivity (Wildman–Crippen MR) is 166 cm³/mol. The summed E-state index contributed by atoms with van der Waals surface area (Å²) in [5, 5.41) is 9.28. The Kier molecular flexibility index (Phi) is 12.5. The standard InChI is InChI=1S/C32H46N4O6/c1-21(37)35-25-14-12-22-19-28(40-4)31(41-5)32(42-6)30(22)23-13-15-26(27(38)20-24(23)25)33-16-9-7-8-11-29(39)34-17-10-18-36(2)3/h13,15,19-20,25H,7-12,14,16-18H2,1-6H3,(H,33,38)(H,34,39)(H,35,37)/t25-/m0/s1. The van der Waals surface area contributed by atoms with Crippen molar-refractivity contribution in [3.63, 3.8) is 0 Å². The van der Waals surface area contributed by atoms with Gasteiger partial charge in [0, 0.05) is 32.0 Å². The molecule has 10 heteroatoms. The number of methoxy groups -OCH3 is 3. The second-order valence-electron chi connectivity index (χ2n) is 10.8. The van der Waals surface area contributed by atoms with Gasteiger partial charge in [-0.15, -0.1) is 0 Å². The highest BCUT2D eigenvalue weighted by Crippen LogP contribution is 2.50. The first-order valence-corrected chi connectivity index (χ1v) is 14.6. The Morgan fingerprint density at radius 1 is 0.952 bits per heavy atom. The number of nitrogens with one attached hydrogen (secondary N) is 3. The first-order chi connectivity index (χ1) is 20.2. The van der Waals surface area contributed by atoms with E-state index in [0.717, 1.165) is 54.5 Å². The highest BCUT2D eigenvalue weighted by molar-refractivity contribution is 5.83. The van der Waals surface area contributed by atoms with Crippen LogP contribution in [0.1, 0.15) is 62.6 Å². The summed E-state index contributed by atoms with van der Waals surface area (Å²) in [7, 11) is 8.76. The fourth-order valence-corrected chi connectivity index (χ4v) is 5.38. The van der Waals surface area contributed by atoms with Gasteiger partial charge in [0.05, 0.1) is 33.1 Å². The van der Waals surface area contributed by atoms with E-state index in [1.54, 1.807) is 33.5 Å². The number of benzene rings is 1. The van der Waals surface area contributed by atoms with Crippen molar-refractivity contribution in [2.45, 2.75) is 57.9 Å². The Labute approximate surface area is 249 Å². The number of rotatable bonds is 15. The number of fused-ring (bicyclic) bond motifs is 3. The Balaban J connectivity index is 1.78. The zero-order valence-corrected chi connectivity index (χ0v) is 25.9. The SMILES string of the molecule is COc1cc2c(c(OC)c1OC)-c1ccc(NCCCCCC(=O)NCCCN(C)C)c(=O)cc1[C@@H](NC(C)=O)CC2. The molecule has 0 unspecified atom stereocenters. The van der Waals surface area contributed by atoms with Crippen molar-refractivity contribution in [1.29, 1.82) is 0 Å². The summed E-state index contributed by atoms with van der Waals surface area (Å²) in [6.45, 7) is 3.73. The molecule has 2 amide bonds. The van der Waals surface area contributed by atoms with E-state index in [0.29, 0.717) is 55.3 Å². The highest BCUT2D eigenvalue weighted by atomic mass is 16.5. The minimum absolute atomic E-state index is 0.0822. The highest BCUT2D eigenvalue weighted by Gasteiger charge is 2.29.